The maximum atomic E-state index is 13.1. The number of ether oxygens (including phenoxy) is 2. The molecule has 2 aliphatic heterocycles. The Morgan fingerprint density at radius 1 is 1.28 bits per heavy atom. The first-order chi connectivity index (χ1) is 14.2. The number of likely N-dealkylation sites (tertiary alicyclic amines) is 1. The zero-order chi connectivity index (χ0) is 20.2. The summed E-state index contributed by atoms with van der Waals surface area (Å²) in [7, 11) is 1.61. The number of hydrogen-bond donors (Lipinski definition) is 1. The summed E-state index contributed by atoms with van der Waals surface area (Å²) in [4.78, 5) is 32.8. The Bertz CT molecular complexity index is 923. The molecule has 1 unspecified atom stereocenters. The van der Waals surface area contributed by atoms with Crippen LogP contribution in [-0.4, -0.2) is 60.0 Å². The Balaban J connectivity index is 1.66. The molecule has 0 spiro atoms. The Kier molecular flexibility index (Phi) is 6.10. The highest BCUT2D eigenvalue weighted by molar-refractivity contribution is 5.78. The fourth-order valence-corrected chi connectivity index (χ4v) is 4.22. The fraction of sp³-hybridized carbons (Fsp3) is 0.571. The molecule has 4 rings (SSSR count). The second-order valence-electron chi connectivity index (χ2n) is 7.62. The van der Waals surface area contributed by atoms with Gasteiger partial charge in [0.2, 0.25) is 0 Å². The smallest absolute Gasteiger partial charge is 0.318 e. The van der Waals surface area contributed by atoms with Gasteiger partial charge in [0.05, 0.1) is 30.1 Å². The first-order valence-electron chi connectivity index (χ1n) is 10.3. The molecule has 0 bridgehead atoms. The number of fused-ring (bicyclic) bond motifs is 1. The van der Waals surface area contributed by atoms with E-state index in [1.54, 1.807) is 17.7 Å². The van der Waals surface area contributed by atoms with Crippen LogP contribution < -0.4 is 10.9 Å². The normalized spacial score (nSPS) is 20.3. The van der Waals surface area contributed by atoms with Crippen LogP contribution in [0.1, 0.15) is 37.5 Å². The predicted octanol–water partition coefficient (Wildman–Crippen LogP) is 2.07. The minimum absolute atomic E-state index is 0.0832. The number of methoxy groups -OCH3 is 1. The van der Waals surface area contributed by atoms with Crippen molar-refractivity contribution in [2.75, 3.05) is 33.5 Å². The predicted molar refractivity (Wildman–Crippen MR) is 109 cm³/mol. The van der Waals surface area contributed by atoms with Gasteiger partial charge in [-0.25, -0.2) is 9.78 Å². The van der Waals surface area contributed by atoms with Gasteiger partial charge in [0.25, 0.3) is 5.56 Å². The molecule has 2 saturated heterocycles. The summed E-state index contributed by atoms with van der Waals surface area (Å²) in [6.07, 6.45) is 3.34. The van der Waals surface area contributed by atoms with Gasteiger partial charge in [0.1, 0.15) is 5.82 Å². The maximum absolute atomic E-state index is 13.1. The molecule has 8 nitrogen and oxygen atoms in total. The monoisotopic (exact) mass is 400 g/mol. The van der Waals surface area contributed by atoms with Crippen molar-refractivity contribution in [3.05, 3.63) is 40.4 Å². The minimum atomic E-state index is -0.219. The minimum Gasteiger partial charge on any atom is -0.383 e. The molecule has 1 aromatic carbocycles. The van der Waals surface area contributed by atoms with Crippen molar-refractivity contribution in [2.45, 2.75) is 44.3 Å². The maximum Gasteiger partial charge on any atom is 0.318 e. The summed E-state index contributed by atoms with van der Waals surface area (Å²) < 4.78 is 12.3. The summed E-state index contributed by atoms with van der Waals surface area (Å²) in [5.41, 5.74) is 0.581. The van der Waals surface area contributed by atoms with Gasteiger partial charge in [-0.3, -0.25) is 9.36 Å². The molecule has 1 aromatic heterocycles. The zero-order valence-electron chi connectivity index (χ0n) is 16.8. The highest BCUT2D eigenvalue weighted by Crippen LogP contribution is 2.31. The van der Waals surface area contributed by atoms with Gasteiger partial charge in [-0.15, -0.1) is 0 Å². The number of urea groups is 1. The molecule has 8 heteroatoms. The number of aromatic nitrogens is 2. The molecule has 3 heterocycles. The fourth-order valence-electron chi connectivity index (χ4n) is 4.22. The van der Waals surface area contributed by atoms with Gasteiger partial charge in [-0.2, -0.15) is 0 Å². The van der Waals surface area contributed by atoms with Crippen LogP contribution >= 0.6 is 0 Å². The Labute approximate surface area is 169 Å². The molecule has 0 aliphatic carbocycles. The highest BCUT2D eigenvalue weighted by Gasteiger charge is 2.34. The lowest BCUT2D eigenvalue weighted by Gasteiger charge is -2.30. The van der Waals surface area contributed by atoms with Gasteiger partial charge < -0.3 is 19.7 Å². The van der Waals surface area contributed by atoms with Gasteiger partial charge in [-0.1, -0.05) is 12.1 Å². The molecule has 2 fully saturated rings. The first kappa shape index (κ1) is 19.8. The van der Waals surface area contributed by atoms with E-state index in [0.29, 0.717) is 49.6 Å². The van der Waals surface area contributed by atoms with E-state index in [1.807, 2.05) is 23.1 Å². The number of benzene rings is 1. The molecule has 29 heavy (non-hydrogen) atoms. The number of nitrogens with zero attached hydrogens (tertiary/aromatic N) is 3. The van der Waals surface area contributed by atoms with Gasteiger partial charge in [-0.05, 0) is 37.8 Å². The summed E-state index contributed by atoms with van der Waals surface area (Å²) in [6, 6.07) is 7.20. The molecular formula is C21H28N4O4. The van der Waals surface area contributed by atoms with Crippen molar-refractivity contribution in [3.8, 4) is 0 Å². The molecule has 0 saturated carbocycles. The Morgan fingerprint density at radius 2 is 2.07 bits per heavy atom. The second-order valence-corrected chi connectivity index (χ2v) is 7.62. The van der Waals surface area contributed by atoms with Crippen LogP contribution in [0.15, 0.2) is 29.1 Å². The highest BCUT2D eigenvalue weighted by atomic mass is 16.5. The molecule has 2 aromatic rings. The third-order valence-electron chi connectivity index (χ3n) is 5.77. The van der Waals surface area contributed by atoms with Crippen LogP contribution in [0.25, 0.3) is 10.9 Å². The van der Waals surface area contributed by atoms with Crippen molar-refractivity contribution in [2.24, 2.45) is 0 Å². The summed E-state index contributed by atoms with van der Waals surface area (Å²) in [6.45, 7) is 2.84. The van der Waals surface area contributed by atoms with E-state index in [9.17, 15) is 9.59 Å². The number of carbonyl (C=O) groups is 1. The SMILES string of the molecule is COCCn1c(C2CCCN2C(=O)NC2CCOCC2)nc2ccccc2c1=O. The first-order valence-corrected chi connectivity index (χ1v) is 10.3. The number of rotatable bonds is 5. The summed E-state index contributed by atoms with van der Waals surface area (Å²) in [5.74, 6) is 0.644. The van der Waals surface area contributed by atoms with Crippen molar-refractivity contribution < 1.29 is 14.3 Å². The van der Waals surface area contributed by atoms with Gasteiger partial charge >= 0.3 is 6.03 Å². The number of hydrogen-bond acceptors (Lipinski definition) is 5. The van der Waals surface area contributed by atoms with Crippen molar-refractivity contribution in [1.82, 2.24) is 19.8 Å². The zero-order valence-corrected chi connectivity index (χ0v) is 16.8. The largest absolute Gasteiger partial charge is 0.383 e. The molecule has 1 N–H and O–H groups in total. The third-order valence-corrected chi connectivity index (χ3v) is 5.77. The summed E-state index contributed by atoms with van der Waals surface area (Å²) in [5, 5.41) is 3.73. The van der Waals surface area contributed by atoms with E-state index in [4.69, 9.17) is 14.5 Å². The van der Waals surface area contributed by atoms with E-state index in [-0.39, 0.29) is 23.7 Å². The van der Waals surface area contributed by atoms with Crippen LogP contribution in [-0.2, 0) is 16.0 Å². The van der Waals surface area contributed by atoms with Crippen LogP contribution in [0, 0.1) is 0 Å². The molecule has 156 valence electrons. The average Bonchev–Trinajstić information content (AvgIpc) is 3.24. The number of nitrogens with one attached hydrogen (secondary N) is 1. The average molecular weight is 400 g/mol. The third kappa shape index (κ3) is 4.13. The van der Waals surface area contributed by atoms with Crippen LogP contribution in [0.5, 0.6) is 0 Å². The quantitative estimate of drug-likeness (QED) is 0.830. The summed E-state index contributed by atoms with van der Waals surface area (Å²) >= 11 is 0. The topological polar surface area (TPSA) is 85.7 Å². The number of amides is 2. The van der Waals surface area contributed by atoms with Gasteiger partial charge in [0.15, 0.2) is 0 Å². The second kappa shape index (κ2) is 8.92. The van der Waals surface area contributed by atoms with Crippen LogP contribution in [0.4, 0.5) is 4.79 Å². The molecule has 1 atom stereocenters. The van der Waals surface area contributed by atoms with Crippen LogP contribution in [0.3, 0.4) is 0 Å². The lowest BCUT2D eigenvalue weighted by atomic mass is 10.1. The lowest BCUT2D eigenvalue weighted by Crippen LogP contribution is -2.47. The number of carbonyl (C=O) groups excluding carboxylic acids is 1. The Hall–Kier alpha value is -2.45. The molecular weight excluding hydrogens is 372 g/mol. The molecule has 0 radical (unpaired) electrons. The Morgan fingerprint density at radius 3 is 2.86 bits per heavy atom. The standard InChI is InChI=1S/C21H28N4O4/c1-28-14-11-25-19(23-17-6-3-2-5-16(17)20(25)26)18-7-4-10-24(18)21(27)22-15-8-12-29-13-9-15/h2-3,5-6,15,18H,4,7-14H2,1H3,(H,22,27). The lowest BCUT2D eigenvalue weighted by molar-refractivity contribution is 0.0776. The number of para-hydroxylation sites is 1. The van der Waals surface area contributed by atoms with E-state index < -0.39 is 0 Å². The molecule has 2 aliphatic rings. The van der Waals surface area contributed by atoms with Gasteiger partial charge in [0, 0.05) is 32.9 Å². The van der Waals surface area contributed by atoms with Crippen molar-refractivity contribution in [1.29, 1.82) is 0 Å². The van der Waals surface area contributed by atoms with E-state index in [0.717, 1.165) is 25.7 Å². The van der Waals surface area contributed by atoms with Crippen molar-refractivity contribution in [3.63, 3.8) is 0 Å². The molecule has 2 amide bonds. The van der Waals surface area contributed by atoms with Crippen molar-refractivity contribution >= 4 is 16.9 Å². The van der Waals surface area contributed by atoms with Crippen LogP contribution in [0.2, 0.25) is 0 Å². The van der Waals surface area contributed by atoms with E-state index in [2.05, 4.69) is 5.32 Å². The van der Waals surface area contributed by atoms with E-state index >= 15 is 0 Å². The van der Waals surface area contributed by atoms with E-state index in [1.165, 1.54) is 0 Å².